The van der Waals surface area contributed by atoms with Gasteiger partial charge in [-0.25, -0.2) is 0 Å². The molecular weight excluding hydrogens is 330 g/mol. The number of hydrogen-bond donors (Lipinski definition) is 0. The molecule has 1 aromatic carbocycles. The van der Waals surface area contributed by atoms with E-state index in [-0.39, 0.29) is 5.91 Å². The number of furan rings is 1. The lowest BCUT2D eigenvalue weighted by atomic mass is 10.1. The zero-order valence-electron chi connectivity index (χ0n) is 13.5. The van der Waals surface area contributed by atoms with Gasteiger partial charge in [0.1, 0.15) is 5.75 Å². The molecule has 0 radical (unpaired) electrons. The minimum absolute atomic E-state index is 0.137. The molecule has 1 fully saturated rings. The Labute approximate surface area is 142 Å². The molecule has 0 saturated carbocycles. The standard InChI is InChI=1S/C17H17NO5S/c1-20-13-10-3-8-24-16(10)15(21-2)14-11(13)9-12(23-14)17(19)18-4-6-22-7-5-18/h3,8-9H,4-7H2,1-2H3. The second kappa shape index (κ2) is 5.99. The van der Waals surface area contributed by atoms with Crippen molar-refractivity contribution in [1.29, 1.82) is 0 Å². The van der Waals surface area contributed by atoms with Gasteiger partial charge in [-0.1, -0.05) is 0 Å². The molecule has 126 valence electrons. The zero-order chi connectivity index (χ0) is 16.7. The summed E-state index contributed by atoms with van der Waals surface area (Å²) >= 11 is 1.55. The van der Waals surface area contributed by atoms with Crippen LogP contribution in [0.25, 0.3) is 21.1 Å². The third kappa shape index (κ3) is 2.23. The Kier molecular flexibility index (Phi) is 3.82. The van der Waals surface area contributed by atoms with Crippen LogP contribution < -0.4 is 9.47 Å². The highest BCUT2D eigenvalue weighted by atomic mass is 32.1. The van der Waals surface area contributed by atoms with Crippen molar-refractivity contribution in [2.45, 2.75) is 0 Å². The minimum atomic E-state index is -0.137. The lowest BCUT2D eigenvalue weighted by molar-refractivity contribution is 0.0284. The fourth-order valence-electron chi connectivity index (χ4n) is 3.07. The van der Waals surface area contributed by atoms with Crippen molar-refractivity contribution in [1.82, 2.24) is 4.90 Å². The van der Waals surface area contributed by atoms with Crippen molar-refractivity contribution in [3.8, 4) is 11.5 Å². The van der Waals surface area contributed by atoms with Crippen molar-refractivity contribution < 1.29 is 23.4 Å². The van der Waals surface area contributed by atoms with Gasteiger partial charge in [0.25, 0.3) is 5.91 Å². The molecule has 1 aliphatic heterocycles. The molecule has 0 atom stereocenters. The Morgan fingerprint density at radius 2 is 1.92 bits per heavy atom. The molecule has 0 N–H and O–H groups in total. The Bertz CT molecular complexity index is 851. The van der Waals surface area contributed by atoms with E-state index in [0.717, 1.165) is 15.5 Å². The summed E-state index contributed by atoms with van der Waals surface area (Å²) in [4.78, 5) is 14.4. The molecule has 3 aromatic rings. The SMILES string of the molecule is COc1c2cc(C(=O)N3CCOCC3)oc2c(OC)c2sccc12. The Hall–Kier alpha value is -2.25. The van der Waals surface area contributed by atoms with Crippen LogP contribution in [0.4, 0.5) is 0 Å². The third-order valence-corrected chi connectivity index (χ3v) is 5.13. The van der Waals surface area contributed by atoms with Gasteiger partial charge < -0.3 is 23.5 Å². The number of amides is 1. The van der Waals surface area contributed by atoms with Crippen molar-refractivity contribution in [2.24, 2.45) is 0 Å². The highest BCUT2D eigenvalue weighted by molar-refractivity contribution is 7.17. The van der Waals surface area contributed by atoms with Crippen LogP contribution in [0.3, 0.4) is 0 Å². The predicted octanol–water partition coefficient (Wildman–Crippen LogP) is 3.14. The maximum Gasteiger partial charge on any atom is 0.289 e. The van der Waals surface area contributed by atoms with Gasteiger partial charge in [0.2, 0.25) is 0 Å². The fourth-order valence-corrected chi connectivity index (χ4v) is 3.98. The number of carbonyl (C=O) groups excluding carboxylic acids is 1. The summed E-state index contributed by atoms with van der Waals surface area (Å²) in [6, 6.07) is 3.73. The van der Waals surface area contributed by atoms with Crippen LogP contribution in [0.1, 0.15) is 10.6 Å². The number of benzene rings is 1. The van der Waals surface area contributed by atoms with Crippen LogP contribution in [-0.2, 0) is 4.74 Å². The monoisotopic (exact) mass is 347 g/mol. The summed E-state index contributed by atoms with van der Waals surface area (Å²) in [7, 11) is 3.22. The maximum atomic E-state index is 12.7. The number of rotatable bonds is 3. The molecular formula is C17H17NO5S. The van der Waals surface area contributed by atoms with Gasteiger partial charge >= 0.3 is 0 Å². The van der Waals surface area contributed by atoms with E-state index in [2.05, 4.69) is 0 Å². The molecule has 1 aliphatic rings. The Morgan fingerprint density at radius 1 is 1.17 bits per heavy atom. The third-order valence-electron chi connectivity index (χ3n) is 4.22. The molecule has 3 heterocycles. The number of thiophene rings is 1. The molecule has 1 amide bonds. The smallest absolute Gasteiger partial charge is 0.289 e. The predicted molar refractivity (Wildman–Crippen MR) is 91.4 cm³/mol. The molecule has 0 unspecified atom stereocenters. The number of carbonyl (C=O) groups is 1. The van der Waals surface area contributed by atoms with Crippen molar-refractivity contribution in [3.05, 3.63) is 23.3 Å². The molecule has 0 bridgehead atoms. The van der Waals surface area contributed by atoms with E-state index in [1.54, 1.807) is 36.5 Å². The Morgan fingerprint density at radius 3 is 2.62 bits per heavy atom. The second-order valence-corrected chi connectivity index (χ2v) is 6.40. The highest BCUT2D eigenvalue weighted by Crippen LogP contribution is 2.46. The summed E-state index contributed by atoms with van der Waals surface area (Å²) in [5, 5.41) is 3.68. The van der Waals surface area contributed by atoms with Gasteiger partial charge in [-0.15, -0.1) is 11.3 Å². The number of hydrogen-bond acceptors (Lipinski definition) is 6. The van der Waals surface area contributed by atoms with E-state index in [9.17, 15) is 4.79 Å². The largest absolute Gasteiger partial charge is 0.495 e. The molecule has 1 saturated heterocycles. The van der Waals surface area contributed by atoms with E-state index in [0.29, 0.717) is 49.1 Å². The molecule has 6 nitrogen and oxygen atoms in total. The topological polar surface area (TPSA) is 61.1 Å². The molecule has 7 heteroatoms. The second-order valence-electron chi connectivity index (χ2n) is 5.49. The average Bonchev–Trinajstić information content (AvgIpc) is 3.26. The van der Waals surface area contributed by atoms with Crippen LogP contribution >= 0.6 is 11.3 Å². The molecule has 0 spiro atoms. The van der Waals surface area contributed by atoms with Crippen molar-refractivity contribution in [2.75, 3.05) is 40.5 Å². The first kappa shape index (κ1) is 15.3. The van der Waals surface area contributed by atoms with Gasteiger partial charge in [-0.05, 0) is 11.4 Å². The first-order valence-corrected chi connectivity index (χ1v) is 8.54. The van der Waals surface area contributed by atoms with E-state index < -0.39 is 0 Å². The van der Waals surface area contributed by atoms with E-state index in [1.807, 2.05) is 11.4 Å². The van der Waals surface area contributed by atoms with Crippen LogP contribution in [0.2, 0.25) is 0 Å². The van der Waals surface area contributed by atoms with E-state index in [4.69, 9.17) is 18.6 Å². The average molecular weight is 347 g/mol. The fraction of sp³-hybridized carbons (Fsp3) is 0.353. The maximum absolute atomic E-state index is 12.7. The number of methoxy groups -OCH3 is 2. The van der Waals surface area contributed by atoms with Crippen LogP contribution in [0.15, 0.2) is 21.9 Å². The van der Waals surface area contributed by atoms with Gasteiger partial charge in [0.15, 0.2) is 17.1 Å². The summed E-state index contributed by atoms with van der Waals surface area (Å²) in [6.45, 7) is 2.24. The highest BCUT2D eigenvalue weighted by Gasteiger charge is 2.26. The normalized spacial score (nSPS) is 15.2. The molecule has 24 heavy (non-hydrogen) atoms. The Balaban J connectivity index is 1.89. The quantitative estimate of drug-likeness (QED) is 0.728. The van der Waals surface area contributed by atoms with Crippen molar-refractivity contribution in [3.63, 3.8) is 0 Å². The molecule has 4 rings (SSSR count). The first-order valence-electron chi connectivity index (χ1n) is 7.66. The van der Waals surface area contributed by atoms with E-state index in [1.165, 1.54) is 0 Å². The summed E-state index contributed by atoms with van der Waals surface area (Å²) < 4.78 is 23.3. The van der Waals surface area contributed by atoms with Gasteiger partial charge in [0.05, 0.1) is 37.5 Å². The summed E-state index contributed by atoms with van der Waals surface area (Å²) in [6.07, 6.45) is 0. The minimum Gasteiger partial charge on any atom is -0.495 e. The number of nitrogens with zero attached hydrogens (tertiary/aromatic N) is 1. The number of morpholine rings is 1. The molecule has 2 aromatic heterocycles. The lowest BCUT2D eigenvalue weighted by Crippen LogP contribution is -2.40. The lowest BCUT2D eigenvalue weighted by Gasteiger charge is -2.25. The molecule has 0 aliphatic carbocycles. The van der Waals surface area contributed by atoms with Crippen LogP contribution in [0, 0.1) is 0 Å². The van der Waals surface area contributed by atoms with Gasteiger partial charge in [-0.2, -0.15) is 0 Å². The van der Waals surface area contributed by atoms with Crippen LogP contribution in [-0.4, -0.2) is 51.3 Å². The van der Waals surface area contributed by atoms with Crippen LogP contribution in [0.5, 0.6) is 11.5 Å². The van der Waals surface area contributed by atoms with Crippen molar-refractivity contribution >= 4 is 38.3 Å². The zero-order valence-corrected chi connectivity index (χ0v) is 14.3. The number of fused-ring (bicyclic) bond motifs is 2. The summed E-state index contributed by atoms with van der Waals surface area (Å²) in [5.74, 6) is 1.49. The number of ether oxygens (including phenoxy) is 3. The summed E-state index contributed by atoms with van der Waals surface area (Å²) in [5.41, 5.74) is 0.543. The van der Waals surface area contributed by atoms with E-state index >= 15 is 0 Å². The van der Waals surface area contributed by atoms with Gasteiger partial charge in [-0.3, -0.25) is 4.79 Å². The van der Waals surface area contributed by atoms with Gasteiger partial charge in [0, 0.05) is 24.5 Å². The first-order chi connectivity index (χ1) is 11.7.